The highest BCUT2D eigenvalue weighted by molar-refractivity contribution is 6.35. The molecule has 24 heavy (non-hydrogen) atoms. The van der Waals surface area contributed by atoms with Gasteiger partial charge in [-0.2, -0.15) is 5.10 Å². The normalized spacial score (nSPS) is 12.1. The van der Waals surface area contributed by atoms with Gasteiger partial charge < -0.3 is 5.32 Å². The summed E-state index contributed by atoms with van der Waals surface area (Å²) >= 11 is 11.8. The minimum absolute atomic E-state index is 0.0264. The maximum absolute atomic E-state index is 12.3. The Morgan fingerprint density at radius 1 is 1.21 bits per heavy atom. The second-order valence-corrected chi connectivity index (χ2v) is 6.68. The summed E-state index contributed by atoms with van der Waals surface area (Å²) in [6.07, 6.45) is 0.212. The number of carbonyl (C=O) groups excluding carboxylic acids is 2. The first kappa shape index (κ1) is 18.5. The van der Waals surface area contributed by atoms with Crippen LogP contribution < -0.4 is 5.32 Å². The molecular weight excluding hydrogens is 349 g/mol. The topological polar surface area (TPSA) is 64.0 Å². The van der Waals surface area contributed by atoms with Crippen molar-refractivity contribution in [2.45, 2.75) is 40.2 Å². The van der Waals surface area contributed by atoms with Crippen LogP contribution in [0.25, 0.3) is 0 Å². The smallest absolute Gasteiger partial charge is 0.226 e. The zero-order valence-corrected chi connectivity index (χ0v) is 15.5. The van der Waals surface area contributed by atoms with E-state index in [4.69, 9.17) is 23.2 Å². The van der Waals surface area contributed by atoms with Gasteiger partial charge in [-0.05, 0) is 45.9 Å². The highest BCUT2D eigenvalue weighted by Crippen LogP contribution is 2.24. The Labute approximate surface area is 150 Å². The first-order valence-electron chi connectivity index (χ1n) is 7.51. The van der Waals surface area contributed by atoms with Gasteiger partial charge in [-0.15, -0.1) is 0 Å². The Hall–Kier alpha value is -1.85. The van der Waals surface area contributed by atoms with Crippen LogP contribution in [0.4, 0.5) is 5.69 Å². The van der Waals surface area contributed by atoms with Crippen molar-refractivity contribution in [2.75, 3.05) is 5.32 Å². The molecule has 1 aromatic heterocycles. The van der Waals surface area contributed by atoms with Crippen molar-refractivity contribution >= 4 is 40.6 Å². The van der Waals surface area contributed by atoms with Crippen molar-refractivity contribution in [1.82, 2.24) is 9.78 Å². The molecule has 1 amide bonds. The lowest BCUT2D eigenvalue weighted by Gasteiger charge is -2.14. The van der Waals surface area contributed by atoms with E-state index < -0.39 is 0 Å². The molecule has 128 valence electrons. The van der Waals surface area contributed by atoms with Gasteiger partial charge in [0, 0.05) is 27.8 Å². The monoisotopic (exact) mass is 367 g/mol. The summed E-state index contributed by atoms with van der Waals surface area (Å²) in [6, 6.07) is 4.67. The van der Waals surface area contributed by atoms with Crippen molar-refractivity contribution in [3.63, 3.8) is 0 Å². The largest absolute Gasteiger partial charge is 0.326 e. The molecule has 0 aliphatic rings. The standard InChI is InChI=1S/C17H19Cl2N3O2/c1-9(22-11(3)17(12(4)23)10(2)21-22)5-16(24)20-15-7-13(18)6-14(19)8-15/h6-9H,5H2,1-4H3,(H,20,24)/t9-/m1/s1. The van der Waals surface area contributed by atoms with Gasteiger partial charge in [-0.25, -0.2) is 0 Å². The van der Waals surface area contributed by atoms with Crippen LogP contribution in [-0.4, -0.2) is 21.5 Å². The number of anilines is 1. The number of nitrogens with one attached hydrogen (secondary N) is 1. The first-order chi connectivity index (χ1) is 11.2. The molecular formula is C17H19Cl2N3O2. The third kappa shape index (κ3) is 4.16. The van der Waals surface area contributed by atoms with E-state index in [1.165, 1.54) is 6.92 Å². The number of hydrogen-bond donors (Lipinski definition) is 1. The molecule has 1 N–H and O–H groups in total. The van der Waals surface area contributed by atoms with Crippen molar-refractivity contribution in [3.05, 3.63) is 45.2 Å². The molecule has 5 nitrogen and oxygen atoms in total. The number of ketones is 1. The molecule has 0 unspecified atom stereocenters. The van der Waals surface area contributed by atoms with Gasteiger partial charge in [0.05, 0.1) is 17.3 Å². The first-order valence-corrected chi connectivity index (χ1v) is 8.27. The molecule has 0 fully saturated rings. The van der Waals surface area contributed by atoms with Gasteiger partial charge in [0.25, 0.3) is 0 Å². The van der Waals surface area contributed by atoms with Crippen molar-refractivity contribution in [2.24, 2.45) is 0 Å². The van der Waals surface area contributed by atoms with E-state index in [1.807, 2.05) is 13.8 Å². The fourth-order valence-electron chi connectivity index (χ4n) is 2.79. The Bertz CT molecular complexity index is 779. The summed E-state index contributed by atoms with van der Waals surface area (Å²) in [4.78, 5) is 23.9. The maximum Gasteiger partial charge on any atom is 0.226 e. The lowest BCUT2D eigenvalue weighted by molar-refractivity contribution is -0.116. The number of benzene rings is 1. The van der Waals surface area contributed by atoms with Crippen LogP contribution >= 0.6 is 23.2 Å². The van der Waals surface area contributed by atoms with Crippen molar-refractivity contribution < 1.29 is 9.59 Å². The number of aryl methyl sites for hydroxylation is 1. The van der Waals surface area contributed by atoms with E-state index in [0.29, 0.717) is 27.0 Å². The van der Waals surface area contributed by atoms with Crippen LogP contribution in [0.2, 0.25) is 10.0 Å². The van der Waals surface area contributed by atoms with Gasteiger partial charge in [0.2, 0.25) is 5.91 Å². The zero-order chi connectivity index (χ0) is 18.0. The van der Waals surface area contributed by atoms with E-state index >= 15 is 0 Å². The predicted molar refractivity (Wildman–Crippen MR) is 96.1 cm³/mol. The summed E-state index contributed by atoms with van der Waals surface area (Å²) < 4.78 is 1.72. The van der Waals surface area contributed by atoms with E-state index in [0.717, 1.165) is 5.69 Å². The number of aromatic nitrogens is 2. The summed E-state index contributed by atoms with van der Waals surface area (Å²) in [5.41, 5.74) is 2.60. The molecule has 0 aliphatic heterocycles. The molecule has 0 aliphatic carbocycles. The van der Waals surface area contributed by atoms with E-state index in [9.17, 15) is 9.59 Å². The number of hydrogen-bond acceptors (Lipinski definition) is 3. The Morgan fingerprint density at radius 3 is 2.29 bits per heavy atom. The lowest BCUT2D eigenvalue weighted by atomic mass is 10.1. The van der Waals surface area contributed by atoms with E-state index in [2.05, 4.69) is 10.4 Å². The Morgan fingerprint density at radius 2 is 1.79 bits per heavy atom. The van der Waals surface area contributed by atoms with Crippen LogP contribution in [0.3, 0.4) is 0 Å². The van der Waals surface area contributed by atoms with Gasteiger partial charge in [0.15, 0.2) is 5.78 Å². The van der Waals surface area contributed by atoms with Crippen LogP contribution in [0, 0.1) is 13.8 Å². The molecule has 0 radical (unpaired) electrons. The summed E-state index contributed by atoms with van der Waals surface area (Å²) in [5, 5.41) is 8.07. The average molecular weight is 368 g/mol. The summed E-state index contributed by atoms with van der Waals surface area (Å²) in [6.45, 7) is 7.03. The second-order valence-electron chi connectivity index (χ2n) is 5.81. The highest BCUT2D eigenvalue weighted by Gasteiger charge is 2.20. The number of halogens is 2. The molecule has 2 rings (SSSR count). The fourth-order valence-corrected chi connectivity index (χ4v) is 3.32. The highest BCUT2D eigenvalue weighted by atomic mass is 35.5. The second kappa shape index (κ2) is 7.36. The van der Waals surface area contributed by atoms with Gasteiger partial charge >= 0.3 is 0 Å². The molecule has 1 atom stereocenters. The third-order valence-electron chi connectivity index (χ3n) is 3.72. The molecule has 0 bridgehead atoms. The van der Waals surface area contributed by atoms with E-state index in [1.54, 1.807) is 29.8 Å². The third-order valence-corrected chi connectivity index (χ3v) is 4.16. The van der Waals surface area contributed by atoms with Gasteiger partial charge in [-0.1, -0.05) is 23.2 Å². The molecule has 2 aromatic rings. The Balaban J connectivity index is 2.12. The quantitative estimate of drug-likeness (QED) is 0.785. The van der Waals surface area contributed by atoms with Crippen LogP contribution in [0.5, 0.6) is 0 Å². The summed E-state index contributed by atoms with van der Waals surface area (Å²) in [7, 11) is 0. The molecule has 1 aromatic carbocycles. The van der Waals surface area contributed by atoms with Gasteiger partial charge in [0.1, 0.15) is 0 Å². The van der Waals surface area contributed by atoms with Crippen molar-refractivity contribution in [3.8, 4) is 0 Å². The van der Waals surface area contributed by atoms with Crippen LogP contribution in [-0.2, 0) is 4.79 Å². The molecule has 7 heteroatoms. The summed E-state index contributed by atoms with van der Waals surface area (Å²) in [5.74, 6) is -0.209. The number of Topliss-reactive ketones (excluding diaryl/α,β-unsaturated/α-hetero) is 1. The minimum atomic E-state index is -0.188. The SMILES string of the molecule is CC(=O)c1c(C)nn([C@H](C)CC(=O)Nc2cc(Cl)cc(Cl)c2)c1C. The molecule has 1 heterocycles. The van der Waals surface area contributed by atoms with Gasteiger partial charge in [-0.3, -0.25) is 14.3 Å². The molecule has 0 saturated carbocycles. The number of amides is 1. The lowest BCUT2D eigenvalue weighted by Crippen LogP contribution is -2.19. The number of carbonyl (C=O) groups is 2. The van der Waals surface area contributed by atoms with Crippen molar-refractivity contribution in [1.29, 1.82) is 0 Å². The predicted octanol–water partition coefficient (Wildman–Crippen LogP) is 4.60. The average Bonchev–Trinajstić information content (AvgIpc) is 2.72. The number of rotatable bonds is 5. The Kier molecular flexibility index (Phi) is 5.67. The molecule has 0 spiro atoms. The number of nitrogens with zero attached hydrogens (tertiary/aromatic N) is 2. The van der Waals surface area contributed by atoms with Crippen LogP contribution in [0.15, 0.2) is 18.2 Å². The van der Waals surface area contributed by atoms with E-state index in [-0.39, 0.29) is 24.2 Å². The maximum atomic E-state index is 12.3. The minimum Gasteiger partial charge on any atom is -0.326 e. The molecule has 0 saturated heterocycles. The fraction of sp³-hybridized carbons (Fsp3) is 0.353. The zero-order valence-electron chi connectivity index (χ0n) is 14.0. The van der Waals surface area contributed by atoms with Crippen LogP contribution in [0.1, 0.15) is 48.1 Å².